The maximum atomic E-state index is 12.5. The molecule has 5 N–H and O–H groups in total. The van der Waals surface area contributed by atoms with Crippen molar-refractivity contribution in [3.8, 4) is 0 Å². The van der Waals surface area contributed by atoms with Crippen LogP contribution in [0.1, 0.15) is 213 Å². The molecule has 0 aromatic rings. The lowest BCUT2D eigenvalue weighted by Gasteiger charge is -2.26. The zero-order valence-electron chi connectivity index (χ0n) is 32.4. The second kappa shape index (κ2) is 32.9. The number of amides is 1. The van der Waals surface area contributed by atoms with Gasteiger partial charge >= 0.3 is 0 Å². The Labute approximate surface area is 303 Å². The van der Waals surface area contributed by atoms with Crippen LogP contribution in [0.5, 0.6) is 0 Å². The highest BCUT2D eigenvalue weighted by Crippen LogP contribution is 2.45. The number of carbonyl (C=O) groups is 1. The molecule has 49 heavy (non-hydrogen) atoms. The minimum Gasteiger partial charge on any atom is -0.394 e. The predicted molar refractivity (Wildman–Crippen MR) is 208 cm³/mol. The van der Waals surface area contributed by atoms with E-state index in [0.29, 0.717) is 6.42 Å². The number of allylic oxidation sites excluding steroid dienone is 1. The molecule has 0 aliphatic heterocycles. The lowest BCUT2D eigenvalue weighted by molar-refractivity contribution is -0.132. The van der Waals surface area contributed by atoms with Crippen molar-refractivity contribution in [2.75, 3.05) is 6.61 Å². The highest BCUT2D eigenvalue weighted by atomic mass is 16.3. The molecule has 0 radical (unpaired) electrons. The van der Waals surface area contributed by atoms with Gasteiger partial charge in [0.05, 0.1) is 18.8 Å². The molecule has 0 unspecified atom stereocenters. The van der Waals surface area contributed by atoms with Crippen LogP contribution in [0.15, 0.2) is 12.2 Å². The molecular weight excluding hydrogens is 610 g/mol. The van der Waals surface area contributed by atoms with Gasteiger partial charge in [-0.15, -0.1) is 0 Å². The summed E-state index contributed by atoms with van der Waals surface area (Å²) in [6.07, 6.45) is 38.8. The Morgan fingerprint density at radius 1 is 0.612 bits per heavy atom. The van der Waals surface area contributed by atoms with Gasteiger partial charge in [-0.05, 0) is 43.9 Å². The highest BCUT2D eigenvalue weighted by molar-refractivity contribution is 5.80. The van der Waals surface area contributed by atoms with Crippen LogP contribution in [-0.2, 0) is 4.79 Å². The minimum atomic E-state index is -1.30. The summed E-state index contributed by atoms with van der Waals surface area (Å²) in [5.41, 5.74) is 0. The van der Waals surface area contributed by atoms with E-state index < -0.39 is 36.9 Å². The number of hydrogen-bond donors (Lipinski definition) is 5. The Hall–Kier alpha value is -0.950. The Balaban J connectivity index is 1.95. The molecule has 1 fully saturated rings. The zero-order chi connectivity index (χ0) is 35.8. The standard InChI is InChI=1S/C43H83NO5/c1-3-5-7-8-9-10-11-12-13-14-15-16-17-18-19-20-21-22-23-26-30-34-41(47)43(49)44-39(36-45)42(48)40(46)33-29-27-24-25-28-32-38-35-37(38)31-6-4-2/h27,29,37-42,45-48H,3-26,28,30-36H2,1-2H3,(H,44,49)/b29-27+/t37-,38-,39-,40+,41+,42-/m0/s1. The van der Waals surface area contributed by atoms with Gasteiger partial charge in [-0.25, -0.2) is 0 Å². The Kier molecular flexibility index (Phi) is 31.0. The SMILES string of the molecule is CCCCCCCCCCCCCCCCCCCCCCC[C@@H](O)C(=O)N[C@@H](CO)[C@H](O)[C@H](O)C/C=C/CCCC[C@H]1C[C@@H]1CCCC. The van der Waals surface area contributed by atoms with Gasteiger partial charge in [0, 0.05) is 0 Å². The first-order valence-corrected chi connectivity index (χ1v) is 21.5. The van der Waals surface area contributed by atoms with E-state index in [4.69, 9.17) is 0 Å². The van der Waals surface area contributed by atoms with Gasteiger partial charge in [-0.2, -0.15) is 0 Å². The molecule has 0 aromatic carbocycles. The van der Waals surface area contributed by atoms with E-state index in [1.165, 1.54) is 154 Å². The van der Waals surface area contributed by atoms with Crippen molar-refractivity contribution >= 4 is 5.91 Å². The highest BCUT2D eigenvalue weighted by Gasteiger charge is 2.35. The summed E-state index contributed by atoms with van der Waals surface area (Å²) in [6.45, 7) is 4.04. The third kappa shape index (κ3) is 26.5. The number of unbranched alkanes of at least 4 members (excludes halogenated alkanes) is 23. The Morgan fingerprint density at radius 2 is 1.06 bits per heavy atom. The van der Waals surface area contributed by atoms with Crippen molar-refractivity contribution in [1.29, 1.82) is 0 Å². The number of rotatable bonds is 37. The average molecular weight is 694 g/mol. The lowest BCUT2D eigenvalue weighted by Crippen LogP contribution is -2.52. The van der Waals surface area contributed by atoms with Crippen LogP contribution in [0.4, 0.5) is 0 Å². The van der Waals surface area contributed by atoms with E-state index in [9.17, 15) is 25.2 Å². The lowest BCUT2D eigenvalue weighted by atomic mass is 10.0. The molecule has 0 spiro atoms. The van der Waals surface area contributed by atoms with Gasteiger partial charge in [0.15, 0.2) is 0 Å². The summed E-state index contributed by atoms with van der Waals surface area (Å²) in [4.78, 5) is 12.5. The normalized spacial score (nSPS) is 18.5. The van der Waals surface area contributed by atoms with Crippen molar-refractivity contribution in [3.63, 3.8) is 0 Å². The van der Waals surface area contributed by atoms with Crippen LogP contribution in [0, 0.1) is 11.8 Å². The van der Waals surface area contributed by atoms with Crippen LogP contribution in [0.25, 0.3) is 0 Å². The van der Waals surface area contributed by atoms with Gasteiger partial charge in [-0.3, -0.25) is 4.79 Å². The summed E-state index contributed by atoms with van der Waals surface area (Å²) in [5.74, 6) is 1.32. The first kappa shape index (κ1) is 46.1. The van der Waals surface area contributed by atoms with Gasteiger partial charge in [0.2, 0.25) is 5.91 Å². The van der Waals surface area contributed by atoms with Gasteiger partial charge in [0.25, 0.3) is 0 Å². The Morgan fingerprint density at radius 3 is 1.53 bits per heavy atom. The summed E-state index contributed by atoms with van der Waals surface area (Å²) in [6, 6.07) is -1.01. The molecule has 1 aliphatic rings. The fraction of sp³-hybridized carbons (Fsp3) is 0.930. The van der Waals surface area contributed by atoms with Crippen molar-refractivity contribution in [2.45, 2.75) is 237 Å². The molecule has 1 rings (SSSR count). The molecule has 0 aromatic heterocycles. The smallest absolute Gasteiger partial charge is 0.249 e. The number of carbonyl (C=O) groups excluding carboxylic acids is 1. The van der Waals surface area contributed by atoms with E-state index in [-0.39, 0.29) is 6.42 Å². The third-order valence-electron chi connectivity index (χ3n) is 11.0. The summed E-state index contributed by atoms with van der Waals surface area (Å²) in [7, 11) is 0. The van der Waals surface area contributed by atoms with Gasteiger partial charge in [0.1, 0.15) is 12.2 Å². The molecule has 0 heterocycles. The molecule has 1 saturated carbocycles. The fourth-order valence-corrected chi connectivity index (χ4v) is 7.33. The first-order chi connectivity index (χ1) is 23.9. The minimum absolute atomic E-state index is 0.261. The summed E-state index contributed by atoms with van der Waals surface area (Å²) >= 11 is 0. The second-order valence-corrected chi connectivity index (χ2v) is 15.6. The monoisotopic (exact) mass is 694 g/mol. The molecule has 6 nitrogen and oxygen atoms in total. The number of aliphatic hydroxyl groups is 4. The topological polar surface area (TPSA) is 110 Å². The van der Waals surface area contributed by atoms with Crippen LogP contribution in [0.2, 0.25) is 0 Å². The van der Waals surface area contributed by atoms with E-state index in [2.05, 4.69) is 25.2 Å². The maximum absolute atomic E-state index is 12.5. The molecule has 1 aliphatic carbocycles. The quantitative estimate of drug-likeness (QED) is 0.0329. The average Bonchev–Trinajstić information content (AvgIpc) is 3.87. The molecule has 6 heteroatoms. The van der Waals surface area contributed by atoms with E-state index in [1.807, 2.05) is 6.08 Å². The van der Waals surface area contributed by atoms with Crippen molar-refractivity contribution < 1.29 is 25.2 Å². The predicted octanol–water partition coefficient (Wildman–Crippen LogP) is 10.5. The molecule has 1 amide bonds. The largest absolute Gasteiger partial charge is 0.394 e. The molecule has 0 bridgehead atoms. The maximum Gasteiger partial charge on any atom is 0.249 e. The number of hydrogen-bond acceptors (Lipinski definition) is 5. The van der Waals surface area contributed by atoms with E-state index >= 15 is 0 Å². The molecule has 0 saturated heterocycles. The van der Waals surface area contributed by atoms with Crippen molar-refractivity contribution in [3.05, 3.63) is 12.2 Å². The molecule has 6 atom stereocenters. The van der Waals surface area contributed by atoms with Gasteiger partial charge < -0.3 is 25.7 Å². The van der Waals surface area contributed by atoms with Crippen LogP contribution >= 0.6 is 0 Å². The van der Waals surface area contributed by atoms with Crippen molar-refractivity contribution in [1.82, 2.24) is 5.32 Å². The fourth-order valence-electron chi connectivity index (χ4n) is 7.33. The molecule has 290 valence electrons. The Bertz CT molecular complexity index is 761. The summed E-state index contributed by atoms with van der Waals surface area (Å²) < 4.78 is 0. The van der Waals surface area contributed by atoms with Crippen molar-refractivity contribution in [2.24, 2.45) is 11.8 Å². The number of aliphatic hydroxyl groups excluding tert-OH is 4. The second-order valence-electron chi connectivity index (χ2n) is 15.6. The first-order valence-electron chi connectivity index (χ1n) is 21.5. The summed E-state index contributed by atoms with van der Waals surface area (Å²) in [5, 5.41) is 43.5. The van der Waals surface area contributed by atoms with E-state index in [1.54, 1.807) is 0 Å². The van der Waals surface area contributed by atoms with E-state index in [0.717, 1.165) is 43.9 Å². The van der Waals surface area contributed by atoms with Crippen LogP contribution < -0.4 is 5.32 Å². The van der Waals surface area contributed by atoms with Crippen LogP contribution in [0.3, 0.4) is 0 Å². The number of nitrogens with one attached hydrogen (secondary N) is 1. The molecular formula is C43H83NO5. The van der Waals surface area contributed by atoms with Crippen LogP contribution in [-0.4, -0.2) is 57.3 Å². The zero-order valence-corrected chi connectivity index (χ0v) is 32.4. The third-order valence-corrected chi connectivity index (χ3v) is 11.0. The van der Waals surface area contributed by atoms with Gasteiger partial charge in [-0.1, -0.05) is 193 Å².